The lowest BCUT2D eigenvalue weighted by atomic mass is 9.95. The van der Waals surface area contributed by atoms with Crippen LogP contribution in [0.3, 0.4) is 0 Å². The van der Waals surface area contributed by atoms with Crippen molar-refractivity contribution >= 4 is 49.8 Å². The Labute approximate surface area is 349 Å². The van der Waals surface area contributed by atoms with Gasteiger partial charge in [0.15, 0.2) is 0 Å². The van der Waals surface area contributed by atoms with Gasteiger partial charge in [0.25, 0.3) is 0 Å². The van der Waals surface area contributed by atoms with Crippen LogP contribution < -0.4 is 4.90 Å². The minimum absolute atomic E-state index is 0.904. The monoisotopic (exact) mass is 765 g/mol. The second-order valence-corrected chi connectivity index (χ2v) is 15.3. The second kappa shape index (κ2) is 15.1. The molecule has 0 aliphatic heterocycles. The SMILES string of the molecule is c1ccc(-c2cccc(-c3ccc(N(c4ccc(-c5cccc(-c6cccc7ccccc67)c5)cc4)c4ccc(-c5cccc6c5oc5ccccc56)cc4)cc3)c2)cc1. The highest BCUT2D eigenvalue weighted by Gasteiger charge is 2.16. The minimum Gasteiger partial charge on any atom is -0.455 e. The van der Waals surface area contributed by atoms with E-state index < -0.39 is 0 Å². The van der Waals surface area contributed by atoms with Gasteiger partial charge in [-0.05, 0) is 115 Å². The first kappa shape index (κ1) is 35.2. The minimum atomic E-state index is 0.904. The fourth-order valence-electron chi connectivity index (χ4n) is 8.67. The molecule has 10 aromatic carbocycles. The van der Waals surface area contributed by atoms with E-state index in [1.165, 1.54) is 55.3 Å². The third kappa shape index (κ3) is 6.51. The van der Waals surface area contributed by atoms with E-state index in [-0.39, 0.29) is 0 Å². The smallest absolute Gasteiger partial charge is 0.143 e. The van der Waals surface area contributed by atoms with Crippen molar-refractivity contribution in [2.45, 2.75) is 0 Å². The number of hydrogen-bond acceptors (Lipinski definition) is 2. The zero-order chi connectivity index (χ0) is 39.8. The Kier molecular flexibility index (Phi) is 8.87. The van der Waals surface area contributed by atoms with Crippen LogP contribution in [-0.2, 0) is 0 Å². The van der Waals surface area contributed by atoms with Gasteiger partial charge in [-0.1, -0.05) is 182 Å². The van der Waals surface area contributed by atoms with Gasteiger partial charge in [0.05, 0.1) is 0 Å². The Morgan fingerprint density at radius 2 is 0.700 bits per heavy atom. The van der Waals surface area contributed by atoms with Crippen molar-refractivity contribution in [2.24, 2.45) is 0 Å². The molecule has 282 valence electrons. The van der Waals surface area contributed by atoms with Gasteiger partial charge in [-0.2, -0.15) is 0 Å². The summed E-state index contributed by atoms with van der Waals surface area (Å²) in [4.78, 5) is 2.34. The van der Waals surface area contributed by atoms with Crippen molar-refractivity contribution in [3.63, 3.8) is 0 Å². The largest absolute Gasteiger partial charge is 0.455 e. The average Bonchev–Trinajstić information content (AvgIpc) is 3.72. The summed E-state index contributed by atoms with van der Waals surface area (Å²) < 4.78 is 6.42. The van der Waals surface area contributed by atoms with E-state index in [0.717, 1.165) is 50.1 Å². The van der Waals surface area contributed by atoms with Gasteiger partial charge < -0.3 is 9.32 Å². The summed E-state index contributed by atoms with van der Waals surface area (Å²) in [5.41, 5.74) is 16.8. The number of fused-ring (bicyclic) bond motifs is 4. The number of benzene rings is 10. The van der Waals surface area contributed by atoms with Gasteiger partial charge in [-0.15, -0.1) is 0 Å². The lowest BCUT2D eigenvalue weighted by Crippen LogP contribution is -2.09. The Balaban J connectivity index is 0.962. The molecule has 2 heteroatoms. The highest BCUT2D eigenvalue weighted by atomic mass is 16.3. The molecule has 1 aromatic heterocycles. The Hall–Kier alpha value is -7.94. The van der Waals surface area contributed by atoms with Crippen LogP contribution in [0.4, 0.5) is 17.1 Å². The van der Waals surface area contributed by atoms with Crippen LogP contribution in [0, 0.1) is 0 Å². The zero-order valence-electron chi connectivity index (χ0n) is 32.9. The molecular weight excluding hydrogens is 727 g/mol. The molecule has 1 heterocycles. The predicted octanol–water partition coefficient (Wildman–Crippen LogP) is 16.5. The third-order valence-corrected chi connectivity index (χ3v) is 11.7. The number of anilines is 3. The fourth-order valence-corrected chi connectivity index (χ4v) is 8.67. The first-order valence-electron chi connectivity index (χ1n) is 20.5. The van der Waals surface area contributed by atoms with E-state index in [1.54, 1.807) is 0 Å². The third-order valence-electron chi connectivity index (χ3n) is 11.7. The van der Waals surface area contributed by atoms with E-state index in [4.69, 9.17) is 4.42 Å². The quantitative estimate of drug-likeness (QED) is 0.153. The fraction of sp³-hybridized carbons (Fsp3) is 0. The van der Waals surface area contributed by atoms with Crippen LogP contribution in [0.1, 0.15) is 0 Å². The average molecular weight is 766 g/mol. The van der Waals surface area contributed by atoms with Gasteiger partial charge in [0, 0.05) is 33.4 Å². The van der Waals surface area contributed by atoms with Gasteiger partial charge in [0.1, 0.15) is 11.2 Å². The molecule has 0 fully saturated rings. The molecule has 0 amide bonds. The van der Waals surface area contributed by atoms with Gasteiger partial charge in [0.2, 0.25) is 0 Å². The van der Waals surface area contributed by atoms with E-state index in [9.17, 15) is 0 Å². The van der Waals surface area contributed by atoms with Gasteiger partial charge >= 0.3 is 0 Å². The van der Waals surface area contributed by atoms with Crippen molar-refractivity contribution in [3.8, 4) is 55.6 Å². The van der Waals surface area contributed by atoms with E-state index >= 15 is 0 Å². The van der Waals surface area contributed by atoms with E-state index in [0.29, 0.717) is 0 Å². The van der Waals surface area contributed by atoms with Crippen molar-refractivity contribution in [2.75, 3.05) is 4.90 Å². The number of hydrogen-bond donors (Lipinski definition) is 0. The molecule has 0 N–H and O–H groups in total. The molecular formula is C58H39NO. The first-order valence-corrected chi connectivity index (χ1v) is 20.5. The second-order valence-electron chi connectivity index (χ2n) is 15.3. The molecule has 0 aliphatic rings. The van der Waals surface area contributed by atoms with E-state index in [1.807, 2.05) is 12.1 Å². The number of furan rings is 1. The molecule has 60 heavy (non-hydrogen) atoms. The number of rotatable bonds is 8. The Morgan fingerprint density at radius 3 is 1.37 bits per heavy atom. The van der Waals surface area contributed by atoms with Crippen molar-refractivity contribution < 1.29 is 4.42 Å². The van der Waals surface area contributed by atoms with Crippen molar-refractivity contribution in [3.05, 3.63) is 237 Å². The highest BCUT2D eigenvalue weighted by molar-refractivity contribution is 6.09. The zero-order valence-corrected chi connectivity index (χ0v) is 32.9. The van der Waals surface area contributed by atoms with Crippen LogP contribution in [0.5, 0.6) is 0 Å². The predicted molar refractivity (Wildman–Crippen MR) is 253 cm³/mol. The molecule has 2 nitrogen and oxygen atoms in total. The summed E-state index contributed by atoms with van der Waals surface area (Å²) >= 11 is 0. The topological polar surface area (TPSA) is 16.4 Å². The first-order chi connectivity index (χ1) is 29.7. The summed E-state index contributed by atoms with van der Waals surface area (Å²) in [6, 6.07) is 84.8. The molecule has 0 spiro atoms. The summed E-state index contributed by atoms with van der Waals surface area (Å²) in [5.74, 6) is 0. The van der Waals surface area contributed by atoms with Gasteiger partial charge in [-0.25, -0.2) is 0 Å². The molecule has 11 aromatic rings. The summed E-state index contributed by atoms with van der Waals surface area (Å²) in [6.07, 6.45) is 0. The van der Waals surface area contributed by atoms with Crippen molar-refractivity contribution in [1.82, 2.24) is 0 Å². The van der Waals surface area contributed by atoms with Gasteiger partial charge in [-0.3, -0.25) is 0 Å². The Bertz CT molecular complexity index is 3280. The Morgan fingerprint density at radius 1 is 0.267 bits per heavy atom. The van der Waals surface area contributed by atoms with E-state index in [2.05, 4.69) is 229 Å². The molecule has 0 atom stereocenters. The molecule has 0 bridgehead atoms. The van der Waals surface area contributed by atoms with Crippen LogP contribution >= 0.6 is 0 Å². The van der Waals surface area contributed by atoms with Crippen LogP contribution in [0.2, 0.25) is 0 Å². The lowest BCUT2D eigenvalue weighted by Gasteiger charge is -2.26. The van der Waals surface area contributed by atoms with Crippen molar-refractivity contribution in [1.29, 1.82) is 0 Å². The molecule has 0 unspecified atom stereocenters. The molecule has 0 radical (unpaired) electrons. The summed E-state index contributed by atoms with van der Waals surface area (Å²) in [6.45, 7) is 0. The molecule has 0 saturated heterocycles. The maximum atomic E-state index is 6.42. The normalized spacial score (nSPS) is 11.3. The summed E-state index contributed by atoms with van der Waals surface area (Å²) in [5, 5.41) is 4.78. The maximum Gasteiger partial charge on any atom is 0.143 e. The number of nitrogens with zero attached hydrogens (tertiary/aromatic N) is 1. The molecule has 0 aliphatic carbocycles. The van der Waals surface area contributed by atoms with Crippen LogP contribution in [-0.4, -0.2) is 0 Å². The maximum absolute atomic E-state index is 6.42. The number of para-hydroxylation sites is 2. The molecule has 0 saturated carbocycles. The highest BCUT2D eigenvalue weighted by Crippen LogP contribution is 2.41. The lowest BCUT2D eigenvalue weighted by molar-refractivity contribution is 0.670. The summed E-state index contributed by atoms with van der Waals surface area (Å²) in [7, 11) is 0. The molecule has 11 rings (SSSR count). The van der Waals surface area contributed by atoms with Crippen LogP contribution in [0.15, 0.2) is 241 Å². The van der Waals surface area contributed by atoms with Crippen LogP contribution in [0.25, 0.3) is 88.3 Å². The standard InChI is InChI=1S/C58H39NO/c1-2-12-40(13-3-1)45-16-8-17-46(38-45)41-26-32-49(33-27-41)59(51-36-30-44(31-37-51)54-23-11-24-56-55-21-6-7-25-57(55)60-58(54)56)50-34-28-42(29-35-50)47-18-9-19-48(39-47)53-22-10-15-43-14-4-5-20-52(43)53/h1-39H.